The van der Waals surface area contributed by atoms with Gasteiger partial charge in [0, 0.05) is 22.3 Å². The Labute approximate surface area is 305 Å². The molecule has 0 radical (unpaired) electrons. The second-order valence-corrected chi connectivity index (χ2v) is 12.2. The number of oxime groups is 1. The van der Waals surface area contributed by atoms with Gasteiger partial charge in [0.25, 0.3) is 11.8 Å². The molecule has 1 saturated heterocycles. The van der Waals surface area contributed by atoms with Crippen LogP contribution in [0.2, 0.25) is 0 Å². The number of nitrogens with zero attached hydrogens (tertiary/aromatic N) is 7. The topological polar surface area (TPSA) is 272 Å². The van der Waals surface area contributed by atoms with Gasteiger partial charge in [0.05, 0.1) is 6.54 Å². The summed E-state index contributed by atoms with van der Waals surface area (Å²) in [6.07, 6.45) is 0. The number of aromatic hydroxyl groups is 4. The Kier molecular flexibility index (Phi) is 10.3. The van der Waals surface area contributed by atoms with Gasteiger partial charge in [-0.2, -0.15) is 4.80 Å². The number of anilines is 1. The number of aliphatic carboxylic acids is 1. The van der Waals surface area contributed by atoms with Crippen molar-refractivity contribution in [3.05, 3.63) is 64.1 Å². The minimum Gasteiger partial charge on any atom is -1.00 e. The number of nitrogen functional groups attached to an aromatic ring is 1. The zero-order valence-electron chi connectivity index (χ0n) is 26.0. The third-order valence-corrected chi connectivity index (χ3v) is 9.10. The summed E-state index contributed by atoms with van der Waals surface area (Å²) < 4.78 is 14.3. The summed E-state index contributed by atoms with van der Waals surface area (Å²) in [5.41, 5.74) is 5.43. The fourth-order valence-electron chi connectivity index (χ4n) is 4.75. The first-order chi connectivity index (χ1) is 22.9. The van der Waals surface area contributed by atoms with Gasteiger partial charge in [-0.1, -0.05) is 5.16 Å². The quantitative estimate of drug-likeness (QED) is 0.0301. The number of β-lactam (4-membered cyclic amide) rings is 1. The van der Waals surface area contributed by atoms with Crippen LogP contribution in [0.4, 0.5) is 9.52 Å². The van der Waals surface area contributed by atoms with Crippen LogP contribution in [0.3, 0.4) is 0 Å². The number of phenols is 4. The number of hydrogen-bond acceptors (Lipinski definition) is 16. The van der Waals surface area contributed by atoms with Crippen LogP contribution in [0.15, 0.2) is 52.1 Å². The van der Waals surface area contributed by atoms with Gasteiger partial charge in [-0.15, -0.1) is 33.3 Å². The van der Waals surface area contributed by atoms with Gasteiger partial charge in [0.15, 0.2) is 39.7 Å². The van der Waals surface area contributed by atoms with E-state index in [0.717, 1.165) is 33.2 Å². The second-order valence-electron chi connectivity index (χ2n) is 10.2. The van der Waals surface area contributed by atoms with E-state index >= 15 is 0 Å². The van der Waals surface area contributed by atoms with Crippen molar-refractivity contribution in [3.8, 4) is 34.4 Å². The summed E-state index contributed by atoms with van der Waals surface area (Å²) in [5, 5.41) is 67.4. The normalized spacial score (nSPS) is 17.2. The van der Waals surface area contributed by atoms with Crippen LogP contribution in [0.1, 0.15) is 12.7 Å². The van der Waals surface area contributed by atoms with Crippen molar-refractivity contribution >= 4 is 51.7 Å². The molecule has 2 aliphatic heterocycles. The number of halogens is 1. The first-order valence-corrected chi connectivity index (χ1v) is 15.5. The average Bonchev–Trinajstić information content (AvgIpc) is 3.71. The number of carboxylic acid groups (broad SMARTS) is 1. The monoisotopic (exact) mass is 723 g/mol. The molecule has 49 heavy (non-hydrogen) atoms. The van der Waals surface area contributed by atoms with Crippen molar-refractivity contribution in [2.75, 3.05) is 11.5 Å². The number of carbonyl (C=O) groups is 3. The van der Waals surface area contributed by atoms with Crippen LogP contribution in [-0.2, 0) is 32.4 Å². The van der Waals surface area contributed by atoms with Crippen molar-refractivity contribution in [1.29, 1.82) is 0 Å². The van der Waals surface area contributed by atoms with E-state index in [9.17, 15) is 44.3 Å². The molecule has 0 bridgehead atoms. The molecular weight excluding hydrogens is 700 g/mol. The molecular formula is C27H23FN9NaO9S2. The molecule has 22 heteroatoms. The fraction of sp³-hybridized carbons (Fsp3) is 0.185. The molecule has 4 heterocycles. The number of thiazole rings is 1. The van der Waals surface area contributed by atoms with Crippen molar-refractivity contribution in [2.24, 2.45) is 5.16 Å². The molecule has 0 spiro atoms. The van der Waals surface area contributed by atoms with Gasteiger partial charge in [-0.05, 0) is 41.1 Å². The molecule has 1 fully saturated rings. The second kappa shape index (κ2) is 14.3. The third kappa shape index (κ3) is 6.96. The van der Waals surface area contributed by atoms with E-state index < -0.39 is 58.8 Å². The van der Waals surface area contributed by atoms with Crippen LogP contribution in [0.5, 0.6) is 23.0 Å². The van der Waals surface area contributed by atoms with Crippen LogP contribution in [-0.4, -0.2) is 96.3 Å². The molecule has 2 atom stereocenters. The maximum atomic E-state index is 14.3. The molecule has 2 amide bonds. The Hall–Kier alpha value is -4.96. The Morgan fingerprint density at radius 1 is 1.16 bits per heavy atom. The summed E-state index contributed by atoms with van der Waals surface area (Å²) in [7, 11) is 0. The van der Waals surface area contributed by atoms with E-state index in [2.05, 4.69) is 30.9 Å². The molecule has 0 unspecified atom stereocenters. The number of hydrogen-bond donors (Lipinski definition) is 7. The van der Waals surface area contributed by atoms with Gasteiger partial charge in [-0.3, -0.25) is 14.5 Å². The van der Waals surface area contributed by atoms with Crippen LogP contribution in [0, 0.1) is 5.82 Å². The third-order valence-electron chi connectivity index (χ3n) is 7.09. The molecule has 2 aliphatic rings. The Morgan fingerprint density at radius 2 is 1.92 bits per heavy atom. The van der Waals surface area contributed by atoms with Crippen molar-refractivity contribution in [2.45, 2.75) is 24.6 Å². The number of aromatic nitrogens is 5. The van der Waals surface area contributed by atoms with Gasteiger partial charge < -0.3 is 42.8 Å². The number of carboxylic acids is 1. The summed E-state index contributed by atoms with van der Waals surface area (Å²) in [6, 6.07) is 4.96. The predicted molar refractivity (Wildman–Crippen MR) is 165 cm³/mol. The number of nitrogens with two attached hydrogens (primary N) is 1. The predicted octanol–water partition coefficient (Wildman–Crippen LogP) is -2.18. The van der Waals surface area contributed by atoms with E-state index in [1.165, 1.54) is 35.3 Å². The number of amides is 2. The molecule has 0 aliphatic carbocycles. The van der Waals surface area contributed by atoms with Crippen LogP contribution < -0.4 is 40.6 Å². The number of phenolic OH excluding ortho intramolecular Hbond substituents is 4. The van der Waals surface area contributed by atoms with Crippen molar-refractivity contribution < 1.29 is 80.1 Å². The fourth-order valence-corrected chi connectivity index (χ4v) is 6.63. The molecule has 250 valence electrons. The minimum atomic E-state index is -1.39. The Bertz CT molecular complexity index is 2050. The molecule has 4 aromatic rings. The summed E-state index contributed by atoms with van der Waals surface area (Å²) >= 11 is 2.17. The maximum Gasteiger partial charge on any atom is 1.00 e. The number of thioether (sulfide) groups is 1. The summed E-state index contributed by atoms with van der Waals surface area (Å²) in [6.45, 7) is -0.697. The number of carbonyl (C=O) groups excluding carboxylic acids is 2. The van der Waals surface area contributed by atoms with Crippen LogP contribution >= 0.6 is 23.1 Å². The maximum absolute atomic E-state index is 14.3. The smallest absolute Gasteiger partial charge is 1.00 e. The first-order valence-electron chi connectivity index (χ1n) is 13.5. The van der Waals surface area contributed by atoms with E-state index in [-0.39, 0.29) is 82.7 Å². The van der Waals surface area contributed by atoms with Crippen LogP contribution in [0.25, 0.3) is 11.4 Å². The van der Waals surface area contributed by atoms with Crippen molar-refractivity contribution in [1.82, 2.24) is 35.4 Å². The zero-order valence-corrected chi connectivity index (χ0v) is 28.6. The SMILES string of the molecule is Nc1nc(/C(=N/OCc2ccc(O)c(O)c2F)C(=O)N[C@@H]2C(=O)N3C(C(=O)O)=C(Cn4nnc(-c5ccc(O)c(O)c5)n4)CS[C@H]23)cs1.[H-].[Na+]. The van der Waals surface area contributed by atoms with E-state index in [0.29, 0.717) is 11.1 Å². The Morgan fingerprint density at radius 3 is 2.61 bits per heavy atom. The Balaban J connectivity index is 0.00000281. The number of rotatable bonds is 10. The van der Waals surface area contributed by atoms with E-state index in [1.54, 1.807) is 0 Å². The minimum absolute atomic E-state index is 0. The van der Waals surface area contributed by atoms with E-state index in [4.69, 9.17) is 10.6 Å². The molecule has 2 aromatic carbocycles. The summed E-state index contributed by atoms with van der Waals surface area (Å²) in [4.78, 5) is 50.3. The van der Waals surface area contributed by atoms with Gasteiger partial charge in [0.1, 0.15) is 29.4 Å². The van der Waals surface area contributed by atoms with Gasteiger partial charge in [0.2, 0.25) is 5.82 Å². The largest absolute Gasteiger partial charge is 1.00 e. The number of fused-ring (bicyclic) bond motifs is 1. The first kappa shape index (κ1) is 35.3. The van der Waals surface area contributed by atoms with E-state index in [1.807, 2.05) is 0 Å². The zero-order chi connectivity index (χ0) is 34.3. The standard InChI is InChI=1S/C27H22FN9O9S2.Na.H/c28-17-11(2-4-15(39)21(17)41)7-46-34-18(13-9-48-27(29)30-13)23(42)31-19-24(43)37-20(26(44)45)12(8-47-25(19)37)6-36-33-22(32-35-36)10-1-3-14(38)16(40)5-10;;/h1-5,9,19,25,38-41H,6-8H2,(H2,29,30)(H,31,42)(H,44,45);;/q;+1;-1/b34-18-;;/t19-,25-;;/m1../s1. The molecule has 18 nitrogen and oxygen atoms in total. The van der Waals surface area contributed by atoms with Gasteiger partial charge in [-0.25, -0.2) is 14.2 Å². The number of tetrazole rings is 1. The van der Waals surface area contributed by atoms with Gasteiger partial charge >= 0.3 is 35.5 Å². The van der Waals surface area contributed by atoms with Crippen molar-refractivity contribution in [3.63, 3.8) is 0 Å². The average molecular weight is 724 g/mol. The number of benzene rings is 2. The molecule has 6 rings (SSSR count). The summed E-state index contributed by atoms with van der Waals surface area (Å²) in [5.74, 6) is -6.35. The molecule has 0 saturated carbocycles. The molecule has 2 aromatic heterocycles. The number of nitrogens with one attached hydrogen (secondary N) is 1. The molecule has 8 N–H and O–H groups in total.